The second-order valence-electron chi connectivity index (χ2n) is 7.23. The topological polar surface area (TPSA) is 46.9 Å². The summed E-state index contributed by atoms with van der Waals surface area (Å²) in [5, 5.41) is 0. The van der Waals surface area contributed by atoms with Crippen LogP contribution >= 0.6 is 0 Å². The van der Waals surface area contributed by atoms with Gasteiger partial charge in [-0.15, -0.1) is 0 Å². The first-order chi connectivity index (χ1) is 12.1. The minimum absolute atomic E-state index is 0.0631. The number of nitrogens with zero attached hydrogens (tertiary/aromatic N) is 3. The first kappa shape index (κ1) is 18.4. The van der Waals surface area contributed by atoms with Gasteiger partial charge in [-0.1, -0.05) is 13.8 Å². The fraction of sp³-hybridized carbons (Fsp3) is 0.737. The number of amides is 1. The summed E-state index contributed by atoms with van der Waals surface area (Å²) in [5.74, 6) is 0.0631. The standard InChI is InChI=1S/C19H31N3O3/c1-4-21(5-2)13-16-8-9-19(25-16)14-22(11-12-24-15-19)18(23)17-7-6-10-20(17)3/h6-7,10,16H,4-5,8-9,11-15H2,1-3H3/t16-,19-/m1/s1. The van der Waals surface area contributed by atoms with E-state index in [4.69, 9.17) is 9.47 Å². The summed E-state index contributed by atoms with van der Waals surface area (Å²) in [6.45, 7) is 9.80. The van der Waals surface area contributed by atoms with Gasteiger partial charge >= 0.3 is 0 Å². The minimum atomic E-state index is -0.352. The first-order valence-electron chi connectivity index (χ1n) is 9.45. The molecular formula is C19H31N3O3. The van der Waals surface area contributed by atoms with Crippen molar-refractivity contribution in [3.63, 3.8) is 0 Å². The number of hydrogen-bond donors (Lipinski definition) is 0. The van der Waals surface area contributed by atoms with E-state index in [2.05, 4.69) is 18.7 Å². The SMILES string of the molecule is CCN(CC)C[C@H]1CC[C@@]2(COCCN(C(=O)c3cccn3C)C2)O1. The first-order valence-corrected chi connectivity index (χ1v) is 9.45. The van der Waals surface area contributed by atoms with Crippen LogP contribution in [0.1, 0.15) is 37.2 Å². The molecule has 25 heavy (non-hydrogen) atoms. The Morgan fingerprint density at radius 3 is 2.88 bits per heavy atom. The van der Waals surface area contributed by atoms with Gasteiger partial charge in [0.05, 0.1) is 25.9 Å². The Morgan fingerprint density at radius 2 is 2.20 bits per heavy atom. The largest absolute Gasteiger partial charge is 0.377 e. The van der Waals surface area contributed by atoms with Crippen LogP contribution in [-0.4, -0.2) is 77.9 Å². The predicted octanol–water partition coefficient (Wildman–Crippen LogP) is 1.76. The number of carbonyl (C=O) groups is 1. The van der Waals surface area contributed by atoms with E-state index in [1.807, 2.05) is 34.8 Å². The molecule has 0 bridgehead atoms. The summed E-state index contributed by atoms with van der Waals surface area (Å²) in [4.78, 5) is 17.2. The van der Waals surface area contributed by atoms with Crippen molar-refractivity contribution in [2.24, 2.45) is 7.05 Å². The molecule has 6 heteroatoms. The van der Waals surface area contributed by atoms with E-state index in [0.717, 1.165) is 38.2 Å². The van der Waals surface area contributed by atoms with E-state index in [1.54, 1.807) is 0 Å². The molecule has 2 atom stereocenters. The second-order valence-corrected chi connectivity index (χ2v) is 7.23. The molecule has 1 amide bonds. The van der Waals surface area contributed by atoms with Gasteiger partial charge in [-0.3, -0.25) is 4.79 Å². The third kappa shape index (κ3) is 4.07. The Morgan fingerprint density at radius 1 is 1.40 bits per heavy atom. The Bertz CT molecular complexity index is 584. The van der Waals surface area contributed by atoms with E-state index in [-0.39, 0.29) is 17.6 Å². The second kappa shape index (κ2) is 7.89. The molecule has 140 valence electrons. The van der Waals surface area contributed by atoms with Crippen molar-refractivity contribution in [2.45, 2.75) is 38.4 Å². The van der Waals surface area contributed by atoms with Gasteiger partial charge in [0.1, 0.15) is 11.3 Å². The smallest absolute Gasteiger partial charge is 0.270 e. The van der Waals surface area contributed by atoms with E-state index >= 15 is 0 Å². The van der Waals surface area contributed by atoms with E-state index in [1.165, 1.54) is 0 Å². The van der Waals surface area contributed by atoms with Crippen molar-refractivity contribution in [3.05, 3.63) is 24.0 Å². The average Bonchev–Trinajstić information content (AvgIpc) is 3.14. The third-order valence-corrected chi connectivity index (χ3v) is 5.49. The predicted molar refractivity (Wildman–Crippen MR) is 96.8 cm³/mol. The molecule has 6 nitrogen and oxygen atoms in total. The van der Waals surface area contributed by atoms with Crippen LogP contribution in [-0.2, 0) is 16.5 Å². The van der Waals surface area contributed by atoms with Gasteiger partial charge in [-0.2, -0.15) is 0 Å². The molecule has 0 saturated carbocycles. The van der Waals surface area contributed by atoms with Crippen molar-refractivity contribution in [1.82, 2.24) is 14.4 Å². The monoisotopic (exact) mass is 349 g/mol. The van der Waals surface area contributed by atoms with Crippen molar-refractivity contribution in [2.75, 3.05) is 45.9 Å². The van der Waals surface area contributed by atoms with Crippen LogP contribution in [0.3, 0.4) is 0 Å². The Kier molecular flexibility index (Phi) is 5.81. The number of likely N-dealkylation sites (N-methyl/N-ethyl adjacent to an activating group) is 1. The zero-order valence-electron chi connectivity index (χ0n) is 15.7. The summed E-state index contributed by atoms with van der Waals surface area (Å²) in [6, 6.07) is 3.78. The Balaban J connectivity index is 1.68. The minimum Gasteiger partial charge on any atom is -0.377 e. The number of hydrogen-bond acceptors (Lipinski definition) is 4. The molecule has 2 aliphatic heterocycles. The van der Waals surface area contributed by atoms with Gasteiger partial charge in [0.2, 0.25) is 0 Å². The molecule has 0 aliphatic carbocycles. The summed E-state index contributed by atoms with van der Waals surface area (Å²) < 4.78 is 14.2. The molecule has 1 aromatic heterocycles. The maximum atomic E-state index is 12.9. The van der Waals surface area contributed by atoms with Gasteiger partial charge in [0.25, 0.3) is 5.91 Å². The summed E-state index contributed by atoms with van der Waals surface area (Å²) in [6.07, 6.45) is 4.12. The summed E-state index contributed by atoms with van der Waals surface area (Å²) >= 11 is 0. The summed E-state index contributed by atoms with van der Waals surface area (Å²) in [7, 11) is 1.91. The fourth-order valence-electron chi connectivity index (χ4n) is 3.94. The van der Waals surface area contributed by atoms with E-state index < -0.39 is 0 Å². The van der Waals surface area contributed by atoms with Gasteiger partial charge in [0.15, 0.2) is 0 Å². The molecule has 0 radical (unpaired) electrons. The lowest BCUT2D eigenvalue weighted by Crippen LogP contribution is -2.47. The molecule has 0 N–H and O–H groups in total. The molecule has 3 rings (SSSR count). The van der Waals surface area contributed by atoms with Crippen LogP contribution in [0, 0.1) is 0 Å². The highest BCUT2D eigenvalue weighted by Gasteiger charge is 2.44. The van der Waals surface area contributed by atoms with Crippen LogP contribution in [0.2, 0.25) is 0 Å². The fourth-order valence-corrected chi connectivity index (χ4v) is 3.94. The molecule has 2 aliphatic rings. The molecule has 1 aromatic rings. The van der Waals surface area contributed by atoms with Gasteiger partial charge in [-0.05, 0) is 38.1 Å². The van der Waals surface area contributed by atoms with Gasteiger partial charge in [0, 0.05) is 26.3 Å². The van der Waals surface area contributed by atoms with Crippen molar-refractivity contribution >= 4 is 5.91 Å². The number of aryl methyl sites for hydroxylation is 1. The normalized spacial score (nSPS) is 27.2. The highest BCUT2D eigenvalue weighted by molar-refractivity contribution is 5.92. The molecule has 2 saturated heterocycles. The van der Waals surface area contributed by atoms with Crippen LogP contribution < -0.4 is 0 Å². The quantitative estimate of drug-likeness (QED) is 0.813. The Labute approximate surface area is 150 Å². The number of rotatable bonds is 5. The number of aromatic nitrogens is 1. The molecule has 1 spiro atoms. The maximum absolute atomic E-state index is 12.9. The van der Waals surface area contributed by atoms with E-state index in [9.17, 15) is 4.79 Å². The van der Waals surface area contributed by atoms with E-state index in [0.29, 0.717) is 26.3 Å². The number of ether oxygens (including phenoxy) is 2. The molecule has 3 heterocycles. The zero-order valence-corrected chi connectivity index (χ0v) is 15.7. The van der Waals surface area contributed by atoms with Crippen LogP contribution in [0.4, 0.5) is 0 Å². The lowest BCUT2D eigenvalue weighted by molar-refractivity contribution is -0.0896. The molecule has 0 aromatic carbocycles. The molecule has 2 fully saturated rings. The van der Waals surface area contributed by atoms with Crippen molar-refractivity contribution < 1.29 is 14.3 Å². The summed E-state index contributed by atoms with van der Waals surface area (Å²) in [5.41, 5.74) is 0.365. The Hall–Kier alpha value is -1.37. The zero-order chi connectivity index (χ0) is 17.9. The lowest BCUT2D eigenvalue weighted by atomic mass is 10.00. The van der Waals surface area contributed by atoms with Crippen LogP contribution in [0.15, 0.2) is 18.3 Å². The molecular weight excluding hydrogens is 318 g/mol. The maximum Gasteiger partial charge on any atom is 0.270 e. The molecule has 0 unspecified atom stereocenters. The van der Waals surface area contributed by atoms with Gasteiger partial charge in [-0.25, -0.2) is 0 Å². The van der Waals surface area contributed by atoms with Crippen molar-refractivity contribution in [1.29, 1.82) is 0 Å². The van der Waals surface area contributed by atoms with Crippen molar-refractivity contribution in [3.8, 4) is 0 Å². The average molecular weight is 349 g/mol. The highest BCUT2D eigenvalue weighted by Crippen LogP contribution is 2.33. The lowest BCUT2D eigenvalue weighted by Gasteiger charge is -2.32. The van der Waals surface area contributed by atoms with Crippen LogP contribution in [0.5, 0.6) is 0 Å². The number of carbonyl (C=O) groups excluding carboxylic acids is 1. The van der Waals surface area contributed by atoms with Gasteiger partial charge < -0.3 is 23.8 Å². The highest BCUT2D eigenvalue weighted by atomic mass is 16.6. The third-order valence-electron chi connectivity index (χ3n) is 5.49. The van der Waals surface area contributed by atoms with Crippen LogP contribution in [0.25, 0.3) is 0 Å².